The molecule has 0 heterocycles. The minimum atomic E-state index is -0.743. The molecule has 0 radical (unpaired) electrons. The fraction of sp³-hybridized carbons (Fsp3) is 0.133. The van der Waals surface area contributed by atoms with Gasteiger partial charge in [-0.1, -0.05) is 41.9 Å². The summed E-state index contributed by atoms with van der Waals surface area (Å²) >= 11 is 5.65. The highest BCUT2D eigenvalue weighted by molar-refractivity contribution is 6.30. The molecule has 0 spiro atoms. The second-order valence-corrected chi connectivity index (χ2v) is 4.85. The number of nitrogens with one attached hydrogen (secondary N) is 1. The molecule has 2 aromatic rings. The highest BCUT2D eigenvalue weighted by Gasteiger charge is 2.15. The third-order valence-electron chi connectivity index (χ3n) is 2.82. The fourth-order valence-electron chi connectivity index (χ4n) is 1.78. The predicted octanol–water partition coefficient (Wildman–Crippen LogP) is 2.99. The topological polar surface area (TPSA) is 55.1 Å². The molecular formula is C15H14ClFN2O. The van der Waals surface area contributed by atoms with Crippen LogP contribution in [0.5, 0.6) is 0 Å². The SMILES string of the molecule is N[C@@H](Cc1ccccc1)C(=O)Nc1ccc(Cl)cc1F. The molecule has 0 aliphatic carbocycles. The van der Waals surface area contributed by atoms with Crippen LogP contribution in [0.4, 0.5) is 10.1 Å². The highest BCUT2D eigenvalue weighted by Crippen LogP contribution is 2.19. The minimum absolute atomic E-state index is 0.0721. The average molecular weight is 293 g/mol. The first kappa shape index (κ1) is 14.5. The van der Waals surface area contributed by atoms with Gasteiger partial charge in [-0.05, 0) is 30.2 Å². The van der Waals surface area contributed by atoms with E-state index in [1.54, 1.807) is 0 Å². The molecule has 20 heavy (non-hydrogen) atoms. The average Bonchev–Trinajstić information content (AvgIpc) is 2.43. The third-order valence-corrected chi connectivity index (χ3v) is 3.06. The first-order valence-electron chi connectivity index (χ1n) is 6.11. The standard InChI is InChI=1S/C15H14ClFN2O/c16-11-6-7-14(12(17)9-11)19-15(20)13(18)8-10-4-2-1-3-5-10/h1-7,9,13H,8,18H2,(H,19,20)/t13-/m0/s1. The molecule has 5 heteroatoms. The first-order chi connectivity index (χ1) is 9.56. The zero-order valence-corrected chi connectivity index (χ0v) is 11.4. The zero-order valence-electron chi connectivity index (χ0n) is 10.6. The maximum absolute atomic E-state index is 13.6. The summed E-state index contributed by atoms with van der Waals surface area (Å²) in [5.74, 6) is -1.02. The number of carbonyl (C=O) groups excluding carboxylic acids is 1. The van der Waals surface area contributed by atoms with E-state index >= 15 is 0 Å². The van der Waals surface area contributed by atoms with Gasteiger partial charge in [0.05, 0.1) is 11.7 Å². The van der Waals surface area contributed by atoms with E-state index in [0.29, 0.717) is 6.42 Å². The molecule has 0 aliphatic rings. The quantitative estimate of drug-likeness (QED) is 0.910. The number of rotatable bonds is 4. The maximum atomic E-state index is 13.6. The van der Waals surface area contributed by atoms with Gasteiger partial charge < -0.3 is 11.1 Å². The molecule has 3 N–H and O–H groups in total. The smallest absolute Gasteiger partial charge is 0.241 e. The number of anilines is 1. The van der Waals surface area contributed by atoms with Gasteiger partial charge in [-0.15, -0.1) is 0 Å². The number of hydrogen-bond donors (Lipinski definition) is 2. The van der Waals surface area contributed by atoms with E-state index in [2.05, 4.69) is 5.32 Å². The summed E-state index contributed by atoms with van der Waals surface area (Å²) in [6.07, 6.45) is 0.391. The van der Waals surface area contributed by atoms with Crippen LogP contribution in [0.15, 0.2) is 48.5 Å². The van der Waals surface area contributed by atoms with Gasteiger partial charge in [0.25, 0.3) is 0 Å². The van der Waals surface area contributed by atoms with Crippen molar-refractivity contribution in [2.45, 2.75) is 12.5 Å². The Morgan fingerprint density at radius 3 is 2.60 bits per heavy atom. The number of hydrogen-bond acceptors (Lipinski definition) is 2. The van der Waals surface area contributed by atoms with Crippen LogP contribution in [0.3, 0.4) is 0 Å². The first-order valence-corrected chi connectivity index (χ1v) is 6.49. The summed E-state index contributed by atoms with van der Waals surface area (Å²) < 4.78 is 13.6. The molecule has 3 nitrogen and oxygen atoms in total. The third kappa shape index (κ3) is 3.79. The van der Waals surface area contributed by atoms with Crippen molar-refractivity contribution in [1.29, 1.82) is 0 Å². The highest BCUT2D eigenvalue weighted by atomic mass is 35.5. The van der Waals surface area contributed by atoms with Gasteiger partial charge in [-0.25, -0.2) is 4.39 Å². The Morgan fingerprint density at radius 1 is 1.25 bits per heavy atom. The van der Waals surface area contributed by atoms with Gasteiger partial charge >= 0.3 is 0 Å². The molecular weight excluding hydrogens is 279 g/mol. The van der Waals surface area contributed by atoms with E-state index in [-0.39, 0.29) is 10.7 Å². The van der Waals surface area contributed by atoms with Crippen LogP contribution in [0, 0.1) is 5.82 Å². The van der Waals surface area contributed by atoms with Crippen LogP contribution in [0.25, 0.3) is 0 Å². The second-order valence-electron chi connectivity index (χ2n) is 4.41. The second kappa shape index (κ2) is 6.50. The van der Waals surface area contributed by atoms with Gasteiger partial charge in [0.2, 0.25) is 5.91 Å². The number of carbonyl (C=O) groups is 1. The van der Waals surface area contributed by atoms with Crippen molar-refractivity contribution in [3.63, 3.8) is 0 Å². The van der Waals surface area contributed by atoms with Crippen molar-refractivity contribution in [2.75, 3.05) is 5.32 Å². The van der Waals surface area contributed by atoms with Gasteiger partial charge in [0.1, 0.15) is 5.82 Å². The maximum Gasteiger partial charge on any atom is 0.241 e. The molecule has 0 saturated heterocycles. The van der Waals surface area contributed by atoms with E-state index in [4.69, 9.17) is 17.3 Å². The molecule has 104 valence electrons. The van der Waals surface area contributed by atoms with Crippen LogP contribution in [0.1, 0.15) is 5.56 Å². The van der Waals surface area contributed by atoms with Gasteiger partial charge in [0.15, 0.2) is 0 Å². The lowest BCUT2D eigenvalue weighted by Gasteiger charge is -2.13. The van der Waals surface area contributed by atoms with Gasteiger partial charge in [0, 0.05) is 5.02 Å². The van der Waals surface area contributed by atoms with E-state index in [0.717, 1.165) is 11.6 Å². The Kier molecular flexibility index (Phi) is 4.71. The molecule has 0 unspecified atom stereocenters. The van der Waals surface area contributed by atoms with Crippen molar-refractivity contribution < 1.29 is 9.18 Å². The van der Waals surface area contributed by atoms with E-state index in [1.165, 1.54) is 12.1 Å². The van der Waals surface area contributed by atoms with Crippen molar-refractivity contribution in [1.82, 2.24) is 0 Å². The molecule has 0 aliphatic heterocycles. The minimum Gasteiger partial charge on any atom is -0.322 e. The van der Waals surface area contributed by atoms with Crippen molar-refractivity contribution in [3.8, 4) is 0 Å². The molecule has 1 atom stereocenters. The molecule has 2 rings (SSSR count). The zero-order chi connectivity index (χ0) is 14.5. The molecule has 0 saturated carbocycles. The normalized spacial score (nSPS) is 11.9. The lowest BCUT2D eigenvalue weighted by atomic mass is 10.1. The van der Waals surface area contributed by atoms with Crippen LogP contribution in [-0.4, -0.2) is 11.9 Å². The summed E-state index contributed by atoms with van der Waals surface area (Å²) in [5, 5.41) is 2.73. The van der Waals surface area contributed by atoms with Crippen molar-refractivity contribution in [2.24, 2.45) is 5.73 Å². The summed E-state index contributed by atoms with van der Waals surface area (Å²) in [6.45, 7) is 0. The lowest BCUT2D eigenvalue weighted by Crippen LogP contribution is -2.37. The molecule has 0 bridgehead atoms. The number of halogens is 2. The predicted molar refractivity (Wildman–Crippen MR) is 78.2 cm³/mol. The Hall–Kier alpha value is -1.91. The molecule has 1 amide bonds. The molecule has 0 fully saturated rings. The van der Waals surface area contributed by atoms with E-state index < -0.39 is 17.8 Å². The Balaban J connectivity index is 2.01. The number of nitrogens with two attached hydrogens (primary N) is 1. The van der Waals surface area contributed by atoms with E-state index in [9.17, 15) is 9.18 Å². The van der Waals surface area contributed by atoms with Crippen LogP contribution in [0.2, 0.25) is 5.02 Å². The Labute approximate surface area is 121 Å². The van der Waals surface area contributed by atoms with Crippen molar-refractivity contribution in [3.05, 3.63) is 64.9 Å². The fourth-order valence-corrected chi connectivity index (χ4v) is 1.94. The van der Waals surface area contributed by atoms with Crippen molar-refractivity contribution >= 4 is 23.2 Å². The Morgan fingerprint density at radius 2 is 1.95 bits per heavy atom. The summed E-state index contributed by atoms with van der Waals surface area (Å²) in [5.41, 5.74) is 6.84. The van der Waals surface area contributed by atoms with Gasteiger partial charge in [-0.2, -0.15) is 0 Å². The largest absolute Gasteiger partial charge is 0.322 e. The summed E-state index contributed by atoms with van der Waals surface area (Å²) in [4.78, 5) is 11.9. The molecule has 2 aromatic carbocycles. The van der Waals surface area contributed by atoms with E-state index in [1.807, 2.05) is 30.3 Å². The summed E-state index contributed by atoms with van der Waals surface area (Å²) in [7, 11) is 0. The number of benzene rings is 2. The lowest BCUT2D eigenvalue weighted by molar-refractivity contribution is -0.117. The van der Waals surface area contributed by atoms with Crippen LogP contribution < -0.4 is 11.1 Å². The Bertz CT molecular complexity index is 604. The number of amides is 1. The monoisotopic (exact) mass is 292 g/mol. The molecule has 0 aromatic heterocycles. The summed E-state index contributed by atoms with van der Waals surface area (Å²) in [6, 6.07) is 12.7. The van der Waals surface area contributed by atoms with Crippen LogP contribution >= 0.6 is 11.6 Å². The van der Waals surface area contributed by atoms with Gasteiger partial charge in [-0.3, -0.25) is 4.79 Å². The van der Waals surface area contributed by atoms with Crippen LogP contribution in [-0.2, 0) is 11.2 Å².